The fourth-order valence-electron chi connectivity index (χ4n) is 1.82. The minimum absolute atomic E-state index is 0.297. The molecule has 1 aliphatic rings. The number of hydrogen-bond donors (Lipinski definition) is 1. The molecule has 1 atom stereocenters. The molecule has 4 heteroatoms. The summed E-state index contributed by atoms with van der Waals surface area (Å²) in [7, 11) is 1.67. The lowest BCUT2D eigenvalue weighted by Crippen LogP contribution is -2.10. The average Bonchev–Trinajstić information content (AvgIpc) is 3.19. The van der Waals surface area contributed by atoms with Crippen LogP contribution in [0.25, 0.3) is 0 Å². The summed E-state index contributed by atoms with van der Waals surface area (Å²) >= 11 is 3.58. The smallest absolute Gasteiger partial charge is 0.162 e. The lowest BCUT2D eigenvalue weighted by molar-refractivity contribution is 0.280. The summed E-state index contributed by atoms with van der Waals surface area (Å²) in [5, 5.41) is 0. The van der Waals surface area contributed by atoms with E-state index in [2.05, 4.69) is 22.9 Å². The Morgan fingerprint density at radius 2 is 2.11 bits per heavy atom. The first-order chi connectivity index (χ1) is 8.65. The van der Waals surface area contributed by atoms with Crippen LogP contribution >= 0.6 is 15.9 Å². The highest BCUT2D eigenvalue weighted by molar-refractivity contribution is 9.10. The summed E-state index contributed by atoms with van der Waals surface area (Å²) in [6.07, 6.45) is 2.57. The molecule has 2 rings (SSSR count). The molecule has 1 aliphatic carbocycles. The van der Waals surface area contributed by atoms with Crippen molar-refractivity contribution in [3.63, 3.8) is 0 Å². The van der Waals surface area contributed by atoms with Gasteiger partial charge in [0.1, 0.15) is 0 Å². The first kappa shape index (κ1) is 13.7. The van der Waals surface area contributed by atoms with Gasteiger partial charge in [-0.25, -0.2) is 0 Å². The zero-order chi connectivity index (χ0) is 13.1. The van der Waals surface area contributed by atoms with Gasteiger partial charge in [-0.1, -0.05) is 22.9 Å². The van der Waals surface area contributed by atoms with Crippen molar-refractivity contribution in [3.05, 3.63) is 22.2 Å². The molecule has 18 heavy (non-hydrogen) atoms. The van der Waals surface area contributed by atoms with Crippen molar-refractivity contribution in [3.8, 4) is 11.5 Å². The van der Waals surface area contributed by atoms with Gasteiger partial charge in [0.15, 0.2) is 11.5 Å². The third-order valence-corrected chi connectivity index (χ3v) is 4.03. The van der Waals surface area contributed by atoms with Crippen LogP contribution in [0.15, 0.2) is 16.6 Å². The van der Waals surface area contributed by atoms with E-state index >= 15 is 0 Å². The van der Waals surface area contributed by atoms with E-state index in [1.165, 1.54) is 12.8 Å². The minimum Gasteiger partial charge on any atom is -0.493 e. The van der Waals surface area contributed by atoms with E-state index in [4.69, 9.17) is 15.2 Å². The normalized spacial score (nSPS) is 16.4. The van der Waals surface area contributed by atoms with Gasteiger partial charge in [0.05, 0.1) is 13.7 Å². The molecule has 1 aromatic rings. The molecule has 2 N–H and O–H groups in total. The van der Waals surface area contributed by atoms with Crippen LogP contribution in [-0.2, 0) is 0 Å². The van der Waals surface area contributed by atoms with Crippen molar-refractivity contribution >= 4 is 15.9 Å². The maximum Gasteiger partial charge on any atom is 0.162 e. The van der Waals surface area contributed by atoms with Gasteiger partial charge in [0.25, 0.3) is 0 Å². The van der Waals surface area contributed by atoms with Crippen LogP contribution in [-0.4, -0.2) is 20.3 Å². The number of benzene rings is 1. The molecule has 3 nitrogen and oxygen atoms in total. The summed E-state index contributed by atoms with van der Waals surface area (Å²) in [6.45, 7) is 3.50. The lowest BCUT2D eigenvalue weighted by Gasteiger charge is -2.16. The Kier molecular flexibility index (Phi) is 4.51. The van der Waals surface area contributed by atoms with Gasteiger partial charge in [-0.15, -0.1) is 0 Å². The number of hydrogen-bond acceptors (Lipinski definition) is 3. The highest BCUT2D eigenvalue weighted by Crippen LogP contribution is 2.38. The predicted molar refractivity (Wildman–Crippen MR) is 76.4 cm³/mol. The second-order valence-corrected chi connectivity index (χ2v) is 5.77. The second kappa shape index (κ2) is 5.93. The minimum atomic E-state index is 0.297. The Labute approximate surface area is 117 Å². The molecule has 1 fully saturated rings. The van der Waals surface area contributed by atoms with Gasteiger partial charge >= 0.3 is 0 Å². The Morgan fingerprint density at radius 3 is 2.67 bits per heavy atom. The third kappa shape index (κ3) is 3.18. The van der Waals surface area contributed by atoms with Crippen LogP contribution in [0, 0.1) is 5.92 Å². The molecule has 0 bridgehead atoms. The van der Waals surface area contributed by atoms with Crippen LogP contribution in [0.3, 0.4) is 0 Å². The molecule has 1 unspecified atom stereocenters. The van der Waals surface area contributed by atoms with Crippen LogP contribution < -0.4 is 15.2 Å². The van der Waals surface area contributed by atoms with Gasteiger partial charge in [-0.2, -0.15) is 0 Å². The maximum absolute atomic E-state index is 5.81. The third-order valence-electron chi connectivity index (χ3n) is 3.34. The zero-order valence-corrected chi connectivity index (χ0v) is 12.5. The SMILES string of the molecule is COc1cc(C(C)CN)c(Br)cc1OCC1CC1. The highest BCUT2D eigenvalue weighted by Gasteiger charge is 2.23. The van der Waals surface area contributed by atoms with Crippen LogP contribution in [0.5, 0.6) is 11.5 Å². The summed E-state index contributed by atoms with van der Waals surface area (Å²) in [4.78, 5) is 0. The number of ether oxygens (including phenoxy) is 2. The van der Waals surface area contributed by atoms with Crippen molar-refractivity contribution in [2.45, 2.75) is 25.7 Å². The van der Waals surface area contributed by atoms with E-state index in [9.17, 15) is 0 Å². The molecule has 0 aromatic heterocycles. The lowest BCUT2D eigenvalue weighted by atomic mass is 10.0. The Hall–Kier alpha value is -0.740. The topological polar surface area (TPSA) is 44.5 Å². The first-order valence-corrected chi connectivity index (χ1v) is 7.15. The molecule has 0 saturated heterocycles. The molecule has 0 aliphatic heterocycles. The Bertz CT molecular complexity index is 419. The van der Waals surface area contributed by atoms with Crippen molar-refractivity contribution in [2.75, 3.05) is 20.3 Å². The van der Waals surface area contributed by atoms with E-state index in [0.717, 1.165) is 34.1 Å². The van der Waals surface area contributed by atoms with Crippen LogP contribution in [0.2, 0.25) is 0 Å². The summed E-state index contributed by atoms with van der Waals surface area (Å²) < 4.78 is 12.3. The van der Waals surface area contributed by atoms with E-state index in [1.54, 1.807) is 7.11 Å². The summed E-state index contributed by atoms with van der Waals surface area (Å²) in [5.41, 5.74) is 6.88. The van der Waals surface area contributed by atoms with Gasteiger partial charge in [0, 0.05) is 4.47 Å². The van der Waals surface area contributed by atoms with Crippen molar-refractivity contribution in [1.29, 1.82) is 0 Å². The largest absolute Gasteiger partial charge is 0.493 e. The molecule has 100 valence electrons. The molecule has 0 spiro atoms. The van der Waals surface area contributed by atoms with Crippen molar-refractivity contribution in [1.82, 2.24) is 0 Å². The van der Waals surface area contributed by atoms with Crippen molar-refractivity contribution in [2.24, 2.45) is 11.7 Å². The van der Waals surface area contributed by atoms with Gasteiger partial charge in [-0.3, -0.25) is 0 Å². The molecular weight excluding hydrogens is 294 g/mol. The molecule has 0 radical (unpaired) electrons. The number of rotatable bonds is 6. The highest BCUT2D eigenvalue weighted by atomic mass is 79.9. The van der Waals surface area contributed by atoms with E-state index in [1.807, 2.05) is 12.1 Å². The van der Waals surface area contributed by atoms with Crippen molar-refractivity contribution < 1.29 is 9.47 Å². The van der Waals surface area contributed by atoms with Gasteiger partial charge < -0.3 is 15.2 Å². The second-order valence-electron chi connectivity index (χ2n) is 4.92. The fraction of sp³-hybridized carbons (Fsp3) is 0.571. The Morgan fingerprint density at radius 1 is 1.39 bits per heavy atom. The van der Waals surface area contributed by atoms with E-state index in [0.29, 0.717) is 12.5 Å². The van der Waals surface area contributed by atoms with E-state index in [-0.39, 0.29) is 0 Å². The van der Waals surface area contributed by atoms with Gasteiger partial charge in [0.2, 0.25) is 0 Å². The number of methoxy groups -OCH3 is 1. The first-order valence-electron chi connectivity index (χ1n) is 6.36. The summed E-state index contributed by atoms with van der Waals surface area (Å²) in [5.74, 6) is 2.63. The monoisotopic (exact) mass is 313 g/mol. The van der Waals surface area contributed by atoms with Gasteiger partial charge in [-0.05, 0) is 48.9 Å². The molecule has 0 amide bonds. The number of halogens is 1. The zero-order valence-electron chi connectivity index (χ0n) is 10.9. The quantitative estimate of drug-likeness (QED) is 0.876. The standard InChI is InChI=1S/C14H20BrNO2/c1-9(7-16)11-5-13(17-2)14(6-12(11)15)18-8-10-3-4-10/h5-6,9-10H,3-4,7-8,16H2,1-2H3. The molecular formula is C14H20BrNO2. The van der Waals surface area contributed by atoms with Crippen LogP contribution in [0.1, 0.15) is 31.2 Å². The Balaban J connectivity index is 2.20. The molecule has 1 aromatic carbocycles. The molecule has 1 saturated carbocycles. The molecule has 0 heterocycles. The predicted octanol–water partition coefficient (Wildman–Crippen LogP) is 3.31. The maximum atomic E-state index is 5.81. The van der Waals surface area contributed by atoms with E-state index < -0.39 is 0 Å². The number of nitrogens with two attached hydrogens (primary N) is 1. The van der Waals surface area contributed by atoms with Crippen LogP contribution in [0.4, 0.5) is 0 Å². The average molecular weight is 314 g/mol. The fourth-order valence-corrected chi connectivity index (χ4v) is 2.53. The summed E-state index contributed by atoms with van der Waals surface area (Å²) in [6, 6.07) is 4.01.